The van der Waals surface area contributed by atoms with Crippen molar-refractivity contribution in [2.75, 3.05) is 19.8 Å². The van der Waals surface area contributed by atoms with Crippen molar-refractivity contribution < 1.29 is 59.5 Å². The van der Waals surface area contributed by atoms with Gasteiger partial charge in [0.15, 0.2) is 6.10 Å². The van der Waals surface area contributed by atoms with Crippen LogP contribution in [0, 0.1) is 0 Å². The van der Waals surface area contributed by atoms with Gasteiger partial charge in [0.25, 0.3) is 0 Å². The summed E-state index contributed by atoms with van der Waals surface area (Å²) in [7, 11) is 0. The van der Waals surface area contributed by atoms with E-state index in [1.165, 1.54) is 25.7 Å². The summed E-state index contributed by atoms with van der Waals surface area (Å²) in [5, 5.41) is 70.1. The minimum absolute atomic E-state index is 0.0564. The molecule has 212 valence electrons. The van der Waals surface area contributed by atoms with Crippen LogP contribution in [-0.2, 0) is 23.7 Å². The molecule has 9 atom stereocenters. The molecule has 0 aromatic heterocycles. The Kier molecular flexibility index (Phi) is 13.4. The van der Waals surface area contributed by atoms with Crippen molar-refractivity contribution >= 4 is 5.97 Å². The lowest BCUT2D eigenvalue weighted by molar-refractivity contribution is -0.384. The van der Waals surface area contributed by atoms with Gasteiger partial charge in [-0.05, 0) is 6.42 Å². The Morgan fingerprint density at radius 3 is 1.92 bits per heavy atom. The maximum atomic E-state index is 12.5. The fourth-order valence-corrected chi connectivity index (χ4v) is 4.53. The summed E-state index contributed by atoms with van der Waals surface area (Å²) >= 11 is 0. The predicted octanol–water partition coefficient (Wildman–Crippen LogP) is -0.924. The van der Waals surface area contributed by atoms with Crippen LogP contribution in [0.5, 0.6) is 0 Å². The Labute approximate surface area is 211 Å². The molecule has 0 saturated carbocycles. The number of aliphatic hydroxyl groups is 7. The van der Waals surface area contributed by atoms with Crippen LogP contribution in [0.4, 0.5) is 0 Å². The average molecular weight is 525 g/mol. The van der Waals surface area contributed by atoms with Crippen molar-refractivity contribution in [3.63, 3.8) is 0 Å². The summed E-state index contributed by atoms with van der Waals surface area (Å²) in [5.74, 6) is -2.95. The number of ether oxygens (including phenoxy) is 4. The van der Waals surface area contributed by atoms with E-state index in [1.807, 2.05) is 0 Å². The molecule has 36 heavy (non-hydrogen) atoms. The third-order valence-electron chi connectivity index (χ3n) is 6.80. The van der Waals surface area contributed by atoms with Crippen molar-refractivity contribution in [1.82, 2.24) is 0 Å². The molecule has 2 saturated heterocycles. The molecule has 0 aromatic rings. The van der Waals surface area contributed by atoms with Gasteiger partial charge in [0, 0.05) is 6.42 Å². The first-order chi connectivity index (χ1) is 17.2. The molecule has 2 heterocycles. The molecule has 2 aliphatic heterocycles. The SMILES string of the molecule is CCCCCCCCCCCC(=O)O[C@H]1[C@@H](O[C@]2(CO)O[C@H](CO)[C@@H](O)[C@@H]2O)O[C@H](CO)[C@@H](O)[C@@H]1O. The van der Waals surface area contributed by atoms with Crippen LogP contribution < -0.4 is 0 Å². The highest BCUT2D eigenvalue weighted by molar-refractivity contribution is 5.69. The number of hydrogen-bond donors (Lipinski definition) is 7. The minimum Gasteiger partial charge on any atom is -0.454 e. The van der Waals surface area contributed by atoms with Crippen LogP contribution in [-0.4, -0.2) is 116 Å². The van der Waals surface area contributed by atoms with E-state index in [0.717, 1.165) is 25.7 Å². The first-order valence-corrected chi connectivity index (χ1v) is 13.0. The van der Waals surface area contributed by atoms with E-state index in [0.29, 0.717) is 6.42 Å². The fourth-order valence-electron chi connectivity index (χ4n) is 4.53. The molecular formula is C24H44O12. The average Bonchev–Trinajstić information content (AvgIpc) is 3.12. The van der Waals surface area contributed by atoms with Crippen LogP contribution in [0.3, 0.4) is 0 Å². The van der Waals surface area contributed by atoms with Crippen LogP contribution in [0.15, 0.2) is 0 Å². The van der Waals surface area contributed by atoms with Crippen molar-refractivity contribution in [3.05, 3.63) is 0 Å². The molecule has 0 aliphatic carbocycles. The summed E-state index contributed by atoms with van der Waals surface area (Å²) in [6.45, 7) is -0.213. The Bertz CT molecular complexity index is 636. The number of aliphatic hydroxyl groups excluding tert-OH is 7. The lowest BCUT2D eigenvalue weighted by Gasteiger charge is -2.44. The summed E-state index contributed by atoms with van der Waals surface area (Å²) in [4.78, 5) is 12.5. The van der Waals surface area contributed by atoms with Gasteiger partial charge < -0.3 is 54.7 Å². The third kappa shape index (κ3) is 8.03. The molecule has 0 radical (unpaired) electrons. The predicted molar refractivity (Wildman–Crippen MR) is 124 cm³/mol. The monoisotopic (exact) mass is 524 g/mol. The zero-order valence-electron chi connectivity index (χ0n) is 21.0. The number of esters is 1. The summed E-state index contributed by atoms with van der Waals surface area (Å²) in [5.41, 5.74) is 0. The molecule has 0 unspecified atom stereocenters. The lowest BCUT2D eigenvalue weighted by Crippen LogP contribution is -2.63. The highest BCUT2D eigenvalue weighted by Gasteiger charge is 2.59. The Morgan fingerprint density at radius 2 is 1.39 bits per heavy atom. The van der Waals surface area contributed by atoms with Crippen molar-refractivity contribution in [2.45, 2.75) is 126 Å². The Morgan fingerprint density at radius 1 is 0.806 bits per heavy atom. The second-order valence-electron chi connectivity index (χ2n) is 9.60. The largest absolute Gasteiger partial charge is 0.454 e. The Balaban J connectivity index is 1.96. The van der Waals surface area contributed by atoms with Gasteiger partial charge in [-0.25, -0.2) is 0 Å². The zero-order chi connectivity index (χ0) is 26.7. The van der Waals surface area contributed by atoms with Gasteiger partial charge in [-0.1, -0.05) is 58.3 Å². The van der Waals surface area contributed by atoms with Crippen molar-refractivity contribution in [1.29, 1.82) is 0 Å². The van der Waals surface area contributed by atoms with E-state index in [2.05, 4.69) is 6.92 Å². The number of carbonyl (C=O) groups is 1. The molecule has 12 nitrogen and oxygen atoms in total. The molecule has 12 heteroatoms. The van der Waals surface area contributed by atoms with Gasteiger partial charge in [-0.15, -0.1) is 0 Å². The normalized spacial score (nSPS) is 36.8. The lowest BCUT2D eigenvalue weighted by atomic mass is 9.98. The topological polar surface area (TPSA) is 196 Å². The number of carbonyl (C=O) groups excluding carboxylic acids is 1. The van der Waals surface area contributed by atoms with Gasteiger partial charge in [0.2, 0.25) is 12.1 Å². The number of unbranched alkanes of at least 4 members (excludes halogenated alkanes) is 8. The zero-order valence-corrected chi connectivity index (χ0v) is 21.0. The minimum atomic E-state index is -2.28. The molecule has 2 rings (SSSR count). The molecule has 0 aromatic carbocycles. The molecule has 0 bridgehead atoms. The van der Waals surface area contributed by atoms with E-state index in [1.54, 1.807) is 0 Å². The van der Waals surface area contributed by atoms with E-state index in [4.69, 9.17) is 18.9 Å². The molecule has 0 amide bonds. The maximum Gasteiger partial charge on any atom is 0.306 e. The fraction of sp³-hybridized carbons (Fsp3) is 0.958. The van der Waals surface area contributed by atoms with E-state index in [9.17, 15) is 40.5 Å². The van der Waals surface area contributed by atoms with Gasteiger partial charge >= 0.3 is 5.97 Å². The quantitative estimate of drug-likeness (QED) is 0.0970. The molecule has 2 fully saturated rings. The molecular weight excluding hydrogens is 480 g/mol. The summed E-state index contributed by atoms with van der Waals surface area (Å²) in [6.07, 6.45) is -3.07. The van der Waals surface area contributed by atoms with Gasteiger partial charge in [0.05, 0.1) is 13.2 Å². The van der Waals surface area contributed by atoms with E-state index in [-0.39, 0.29) is 6.42 Å². The van der Waals surface area contributed by atoms with Crippen LogP contribution in [0.2, 0.25) is 0 Å². The van der Waals surface area contributed by atoms with Crippen LogP contribution >= 0.6 is 0 Å². The second-order valence-corrected chi connectivity index (χ2v) is 9.60. The maximum absolute atomic E-state index is 12.5. The van der Waals surface area contributed by atoms with E-state index < -0.39 is 80.6 Å². The smallest absolute Gasteiger partial charge is 0.306 e. The molecule has 7 N–H and O–H groups in total. The van der Waals surface area contributed by atoms with Crippen LogP contribution in [0.25, 0.3) is 0 Å². The molecule has 2 aliphatic rings. The number of hydrogen-bond acceptors (Lipinski definition) is 12. The van der Waals surface area contributed by atoms with Crippen LogP contribution in [0.1, 0.15) is 71.1 Å². The van der Waals surface area contributed by atoms with Gasteiger partial charge in [-0.3, -0.25) is 4.79 Å². The van der Waals surface area contributed by atoms with E-state index >= 15 is 0 Å². The second kappa shape index (κ2) is 15.5. The van der Waals surface area contributed by atoms with Gasteiger partial charge in [0.1, 0.15) is 43.2 Å². The summed E-state index contributed by atoms with van der Waals surface area (Å²) in [6, 6.07) is 0. The van der Waals surface area contributed by atoms with Crippen molar-refractivity contribution in [3.8, 4) is 0 Å². The first-order valence-electron chi connectivity index (χ1n) is 13.0. The first kappa shape index (κ1) is 31.3. The Hall–Kier alpha value is -0.930. The van der Waals surface area contributed by atoms with Gasteiger partial charge in [-0.2, -0.15) is 0 Å². The third-order valence-corrected chi connectivity index (χ3v) is 6.80. The number of rotatable bonds is 16. The van der Waals surface area contributed by atoms with Crippen molar-refractivity contribution in [2.24, 2.45) is 0 Å². The summed E-state index contributed by atoms with van der Waals surface area (Å²) < 4.78 is 21.8. The standard InChI is InChI=1S/C24H44O12/c1-2-3-4-5-6-7-8-9-10-11-17(28)34-21-20(31)18(29)15(12-25)33-23(21)36-24(14-27)22(32)19(30)16(13-26)35-24/h15-16,18-23,25-27,29-32H,2-14H2,1H3/t15-,16-,18-,19-,20+,21-,22+,23-,24+/m1/s1. The highest BCUT2D eigenvalue weighted by Crippen LogP contribution is 2.36. The highest BCUT2D eigenvalue weighted by atomic mass is 16.8. The molecule has 0 spiro atoms.